The highest BCUT2D eigenvalue weighted by Crippen LogP contribution is 2.22. The van der Waals surface area contributed by atoms with Crippen LogP contribution in [0.2, 0.25) is 0 Å². The second-order valence-electron chi connectivity index (χ2n) is 8.00. The van der Waals surface area contributed by atoms with Crippen molar-refractivity contribution in [1.29, 1.82) is 0 Å². The topological polar surface area (TPSA) is 98.0 Å². The summed E-state index contributed by atoms with van der Waals surface area (Å²) in [5.41, 5.74) is 5.87. The normalized spacial score (nSPS) is 11.0. The molecule has 2 N–H and O–H groups in total. The Hall–Kier alpha value is -4.79. The van der Waals surface area contributed by atoms with Crippen LogP contribution in [0, 0.1) is 5.82 Å². The van der Waals surface area contributed by atoms with Gasteiger partial charge in [-0.05, 0) is 24.3 Å². The molecule has 9 heteroatoms. The fourth-order valence-electron chi connectivity index (χ4n) is 4.07. The van der Waals surface area contributed by atoms with Crippen molar-refractivity contribution in [3.8, 4) is 0 Å². The summed E-state index contributed by atoms with van der Waals surface area (Å²) in [7, 11) is 1.45. The van der Waals surface area contributed by atoms with Crippen LogP contribution in [0.25, 0.3) is 21.7 Å². The molecule has 0 atom stereocenters. The Balaban J connectivity index is 1.45. The zero-order chi connectivity index (χ0) is 24.5. The highest BCUT2D eigenvalue weighted by molar-refractivity contribution is 6.06. The van der Waals surface area contributed by atoms with Crippen molar-refractivity contribution in [3.63, 3.8) is 0 Å². The van der Waals surface area contributed by atoms with Crippen LogP contribution >= 0.6 is 0 Å². The van der Waals surface area contributed by atoms with E-state index in [9.17, 15) is 18.8 Å². The summed E-state index contributed by atoms with van der Waals surface area (Å²) in [5.74, 6) is -1.64. The number of hydrazine groups is 1. The van der Waals surface area contributed by atoms with Crippen LogP contribution in [-0.4, -0.2) is 26.2 Å². The molecule has 0 radical (unpaired) electrons. The maximum absolute atomic E-state index is 14.3. The molecule has 3 aromatic carbocycles. The van der Waals surface area contributed by atoms with Gasteiger partial charge in [0, 0.05) is 28.9 Å². The number of hydrogen-bond donors (Lipinski definition) is 2. The number of amides is 2. The molecule has 5 aromatic rings. The van der Waals surface area contributed by atoms with Crippen LogP contribution in [0.1, 0.15) is 26.5 Å². The SMILES string of the molecule is Cn1nc(C(=O)NNC(=O)c2cc3ccccc3n2Cc2ccccc2F)c2ccccc2c1=O. The van der Waals surface area contributed by atoms with E-state index in [1.807, 2.05) is 24.3 Å². The van der Waals surface area contributed by atoms with Crippen molar-refractivity contribution in [1.82, 2.24) is 25.2 Å². The van der Waals surface area contributed by atoms with E-state index < -0.39 is 11.8 Å². The van der Waals surface area contributed by atoms with Gasteiger partial charge in [0.05, 0.1) is 11.9 Å². The molecule has 0 saturated carbocycles. The summed E-state index contributed by atoms with van der Waals surface area (Å²) in [5, 5.41) is 5.57. The zero-order valence-electron chi connectivity index (χ0n) is 18.7. The predicted molar refractivity (Wildman–Crippen MR) is 129 cm³/mol. The number of fused-ring (bicyclic) bond motifs is 2. The lowest BCUT2D eigenvalue weighted by atomic mass is 10.1. The molecule has 0 aliphatic rings. The van der Waals surface area contributed by atoms with Gasteiger partial charge in [0.15, 0.2) is 5.69 Å². The third kappa shape index (κ3) is 4.04. The number of carbonyl (C=O) groups is 2. The molecule has 0 spiro atoms. The second-order valence-corrected chi connectivity index (χ2v) is 8.00. The van der Waals surface area contributed by atoms with Crippen molar-refractivity contribution in [2.75, 3.05) is 0 Å². The molecule has 0 bridgehead atoms. The summed E-state index contributed by atoms with van der Waals surface area (Å²) in [4.78, 5) is 38.3. The number of benzene rings is 3. The van der Waals surface area contributed by atoms with Gasteiger partial charge in [-0.1, -0.05) is 54.6 Å². The van der Waals surface area contributed by atoms with Gasteiger partial charge in [-0.2, -0.15) is 5.10 Å². The minimum Gasteiger partial charge on any atom is -0.332 e. The van der Waals surface area contributed by atoms with Crippen LogP contribution in [0.3, 0.4) is 0 Å². The van der Waals surface area contributed by atoms with Crippen LogP contribution in [0.5, 0.6) is 0 Å². The summed E-state index contributed by atoms with van der Waals surface area (Å²) in [6.45, 7) is 0.129. The van der Waals surface area contributed by atoms with Crippen molar-refractivity contribution in [2.24, 2.45) is 7.05 Å². The molecule has 174 valence electrons. The minimum atomic E-state index is -0.679. The molecule has 2 heterocycles. The molecule has 2 aromatic heterocycles. The van der Waals surface area contributed by atoms with E-state index in [0.717, 1.165) is 15.6 Å². The quantitative estimate of drug-likeness (QED) is 0.395. The summed E-state index contributed by atoms with van der Waals surface area (Å²) < 4.78 is 17.1. The molecule has 35 heavy (non-hydrogen) atoms. The van der Waals surface area contributed by atoms with Gasteiger partial charge in [0.25, 0.3) is 17.4 Å². The van der Waals surface area contributed by atoms with E-state index in [2.05, 4.69) is 16.0 Å². The number of rotatable bonds is 4. The standard InChI is InChI=1S/C26H20FN5O3/c1-31-26(35)19-11-5-4-10-18(19)23(30-31)25(34)29-28-24(33)22-14-16-8-3-7-13-21(16)32(22)15-17-9-2-6-12-20(17)27/h2-14H,15H2,1H3,(H,28,33)(H,29,34). The van der Waals surface area contributed by atoms with Crippen molar-refractivity contribution in [3.05, 3.63) is 112 Å². The van der Waals surface area contributed by atoms with E-state index in [0.29, 0.717) is 16.3 Å². The first-order chi connectivity index (χ1) is 16.9. The van der Waals surface area contributed by atoms with Gasteiger partial charge in [-0.15, -0.1) is 0 Å². The van der Waals surface area contributed by atoms with Crippen molar-refractivity contribution in [2.45, 2.75) is 6.54 Å². The third-order valence-electron chi connectivity index (χ3n) is 5.79. The molecule has 2 amide bonds. The molecule has 0 aliphatic heterocycles. The molecular weight excluding hydrogens is 449 g/mol. The number of nitrogens with zero attached hydrogens (tertiary/aromatic N) is 3. The average Bonchev–Trinajstić information content (AvgIpc) is 3.24. The Morgan fingerprint density at radius 1 is 0.886 bits per heavy atom. The maximum Gasteiger partial charge on any atom is 0.290 e. The fourth-order valence-corrected chi connectivity index (χ4v) is 4.07. The molecular formula is C26H20FN5O3. The lowest BCUT2D eigenvalue weighted by Crippen LogP contribution is -2.43. The van der Waals surface area contributed by atoms with Crippen LogP contribution in [-0.2, 0) is 13.6 Å². The monoisotopic (exact) mass is 469 g/mol. The smallest absolute Gasteiger partial charge is 0.290 e. The minimum absolute atomic E-state index is 0.00472. The summed E-state index contributed by atoms with van der Waals surface area (Å²) in [6, 6.07) is 22.0. The first-order valence-corrected chi connectivity index (χ1v) is 10.8. The highest BCUT2D eigenvalue weighted by atomic mass is 19.1. The Kier molecular flexibility index (Phi) is 5.58. The fraction of sp³-hybridized carbons (Fsp3) is 0.0769. The summed E-state index contributed by atoms with van der Waals surface area (Å²) in [6.07, 6.45) is 0. The number of hydrogen-bond acceptors (Lipinski definition) is 4. The molecule has 0 unspecified atom stereocenters. The van der Waals surface area contributed by atoms with Crippen LogP contribution in [0.4, 0.5) is 4.39 Å². The van der Waals surface area contributed by atoms with Gasteiger partial charge >= 0.3 is 0 Å². The Labute approximate surface area is 198 Å². The lowest BCUT2D eigenvalue weighted by molar-refractivity contribution is 0.0839. The lowest BCUT2D eigenvalue weighted by Gasteiger charge is -2.13. The number of halogens is 1. The third-order valence-corrected chi connectivity index (χ3v) is 5.79. The number of carbonyl (C=O) groups excluding carboxylic acids is 2. The van der Waals surface area contributed by atoms with Gasteiger partial charge in [-0.3, -0.25) is 25.2 Å². The highest BCUT2D eigenvalue weighted by Gasteiger charge is 2.20. The number of para-hydroxylation sites is 1. The maximum atomic E-state index is 14.3. The van der Waals surface area contributed by atoms with E-state index in [4.69, 9.17) is 0 Å². The number of aryl methyl sites for hydroxylation is 1. The van der Waals surface area contributed by atoms with E-state index in [1.165, 1.54) is 13.1 Å². The predicted octanol–water partition coefficient (Wildman–Crippen LogP) is 3.15. The second kappa shape index (κ2) is 8.86. The zero-order valence-corrected chi connectivity index (χ0v) is 18.7. The Morgan fingerprint density at radius 3 is 2.34 bits per heavy atom. The van der Waals surface area contributed by atoms with Gasteiger partial charge in [0.1, 0.15) is 11.5 Å². The molecule has 8 nitrogen and oxygen atoms in total. The first kappa shape index (κ1) is 22.0. The first-order valence-electron chi connectivity index (χ1n) is 10.8. The van der Waals surface area contributed by atoms with E-state index >= 15 is 0 Å². The van der Waals surface area contributed by atoms with Crippen LogP contribution < -0.4 is 16.4 Å². The Morgan fingerprint density at radius 2 is 1.54 bits per heavy atom. The van der Waals surface area contributed by atoms with E-state index in [-0.39, 0.29) is 29.3 Å². The molecule has 0 aliphatic carbocycles. The van der Waals surface area contributed by atoms with E-state index in [1.54, 1.807) is 53.1 Å². The summed E-state index contributed by atoms with van der Waals surface area (Å²) >= 11 is 0. The average molecular weight is 469 g/mol. The largest absolute Gasteiger partial charge is 0.332 e. The van der Waals surface area contributed by atoms with Gasteiger partial charge in [-0.25, -0.2) is 9.07 Å². The number of nitrogens with one attached hydrogen (secondary N) is 2. The Bertz CT molecular complexity index is 1670. The molecule has 0 saturated heterocycles. The van der Waals surface area contributed by atoms with Crippen molar-refractivity contribution < 1.29 is 14.0 Å². The molecule has 0 fully saturated rings. The van der Waals surface area contributed by atoms with Crippen LogP contribution in [0.15, 0.2) is 83.7 Å². The van der Waals surface area contributed by atoms with Crippen molar-refractivity contribution >= 4 is 33.5 Å². The number of aromatic nitrogens is 3. The molecule has 5 rings (SSSR count). The van der Waals surface area contributed by atoms with Gasteiger partial charge < -0.3 is 4.57 Å². The van der Waals surface area contributed by atoms with Gasteiger partial charge in [0.2, 0.25) is 0 Å².